The first-order chi connectivity index (χ1) is 14.7. The zero-order valence-corrected chi connectivity index (χ0v) is 19.0. The first-order valence-electron chi connectivity index (χ1n) is 10.8. The molecule has 31 heavy (non-hydrogen) atoms. The second kappa shape index (κ2) is 11.3. The van der Waals surface area contributed by atoms with Crippen molar-refractivity contribution in [3.63, 3.8) is 0 Å². The Morgan fingerprint density at radius 1 is 0.968 bits per heavy atom. The SMILES string of the molecule is COCCn1cc(CCC(=O)N2CCN(Cc3ccccc3)CC2)c2ccccc21.Cl. The van der Waals surface area contributed by atoms with Crippen molar-refractivity contribution in [3.05, 3.63) is 71.9 Å². The standard InChI is InChI=1S/C25H31N3O2.ClH/c1-30-18-17-28-20-22(23-9-5-6-10-24(23)28)11-12-25(29)27-15-13-26(14-16-27)19-21-7-3-2-4-8-21;/h2-10,20H,11-19H2,1H3;1H. The van der Waals surface area contributed by atoms with Crippen LogP contribution in [0.15, 0.2) is 60.8 Å². The number of aromatic nitrogens is 1. The van der Waals surface area contributed by atoms with Gasteiger partial charge in [0.25, 0.3) is 0 Å². The van der Waals surface area contributed by atoms with Gasteiger partial charge in [-0.05, 0) is 23.6 Å². The van der Waals surface area contributed by atoms with Crippen LogP contribution in [0.5, 0.6) is 0 Å². The summed E-state index contributed by atoms with van der Waals surface area (Å²) in [5, 5.41) is 1.24. The fourth-order valence-corrected chi connectivity index (χ4v) is 4.29. The minimum atomic E-state index is 0. The molecule has 4 rings (SSSR count). The third-order valence-electron chi connectivity index (χ3n) is 5.99. The van der Waals surface area contributed by atoms with Gasteiger partial charge in [-0.3, -0.25) is 9.69 Å². The minimum absolute atomic E-state index is 0. The zero-order valence-electron chi connectivity index (χ0n) is 18.2. The van der Waals surface area contributed by atoms with Crippen LogP contribution in [0.4, 0.5) is 0 Å². The molecule has 3 aromatic rings. The highest BCUT2D eigenvalue weighted by Gasteiger charge is 2.21. The Morgan fingerprint density at radius 2 is 1.68 bits per heavy atom. The van der Waals surface area contributed by atoms with E-state index in [0.717, 1.165) is 45.7 Å². The number of ether oxygens (including phenoxy) is 1. The molecule has 1 aliphatic heterocycles. The van der Waals surface area contributed by atoms with Crippen molar-refractivity contribution in [2.45, 2.75) is 25.9 Å². The van der Waals surface area contributed by atoms with Crippen molar-refractivity contribution in [1.82, 2.24) is 14.4 Å². The number of nitrogens with zero attached hydrogens (tertiary/aromatic N) is 3. The summed E-state index contributed by atoms with van der Waals surface area (Å²) in [6.45, 7) is 6.00. The van der Waals surface area contributed by atoms with E-state index in [4.69, 9.17) is 4.74 Å². The molecule has 1 aliphatic rings. The number of carbonyl (C=O) groups is 1. The predicted molar refractivity (Wildman–Crippen MR) is 128 cm³/mol. The number of para-hydroxylation sites is 1. The molecule has 1 saturated heterocycles. The molecule has 1 amide bonds. The van der Waals surface area contributed by atoms with E-state index < -0.39 is 0 Å². The van der Waals surface area contributed by atoms with E-state index in [1.807, 2.05) is 4.90 Å². The Bertz CT molecular complexity index is 965. The summed E-state index contributed by atoms with van der Waals surface area (Å²) in [4.78, 5) is 17.3. The number of aryl methyl sites for hydroxylation is 1. The normalized spacial score (nSPS) is 14.5. The van der Waals surface area contributed by atoms with Crippen LogP contribution in [0.3, 0.4) is 0 Å². The lowest BCUT2D eigenvalue weighted by Gasteiger charge is -2.34. The number of piperazine rings is 1. The molecule has 0 unspecified atom stereocenters. The fraction of sp³-hybridized carbons (Fsp3) is 0.400. The number of amides is 1. The summed E-state index contributed by atoms with van der Waals surface area (Å²) in [6.07, 6.45) is 3.54. The highest BCUT2D eigenvalue weighted by atomic mass is 35.5. The van der Waals surface area contributed by atoms with Crippen LogP contribution in [-0.4, -0.2) is 60.2 Å². The molecule has 0 radical (unpaired) electrons. The molecule has 1 aromatic heterocycles. The minimum Gasteiger partial charge on any atom is -0.383 e. The van der Waals surface area contributed by atoms with Crippen molar-refractivity contribution in [2.75, 3.05) is 39.9 Å². The maximum atomic E-state index is 12.8. The molecule has 6 heteroatoms. The molecule has 1 fully saturated rings. The van der Waals surface area contributed by atoms with Crippen LogP contribution in [0, 0.1) is 0 Å². The average molecular weight is 442 g/mol. The van der Waals surface area contributed by atoms with E-state index in [2.05, 4.69) is 70.3 Å². The van der Waals surface area contributed by atoms with Crippen LogP contribution in [0.2, 0.25) is 0 Å². The number of carbonyl (C=O) groups excluding carboxylic acids is 1. The van der Waals surface area contributed by atoms with Gasteiger partial charge in [-0.1, -0.05) is 48.5 Å². The van der Waals surface area contributed by atoms with E-state index in [1.54, 1.807) is 7.11 Å². The van der Waals surface area contributed by atoms with Crippen LogP contribution in [0.1, 0.15) is 17.5 Å². The van der Waals surface area contributed by atoms with E-state index in [0.29, 0.717) is 13.0 Å². The van der Waals surface area contributed by atoms with Crippen molar-refractivity contribution in [1.29, 1.82) is 0 Å². The van der Waals surface area contributed by atoms with Gasteiger partial charge in [0.2, 0.25) is 5.91 Å². The van der Waals surface area contributed by atoms with Crippen molar-refractivity contribution >= 4 is 29.2 Å². The van der Waals surface area contributed by atoms with Gasteiger partial charge < -0.3 is 14.2 Å². The van der Waals surface area contributed by atoms with E-state index in [1.165, 1.54) is 22.0 Å². The largest absolute Gasteiger partial charge is 0.383 e. The molecule has 0 atom stereocenters. The molecule has 0 bridgehead atoms. The lowest BCUT2D eigenvalue weighted by molar-refractivity contribution is -0.132. The molecular weight excluding hydrogens is 410 g/mol. The quantitative estimate of drug-likeness (QED) is 0.530. The van der Waals surface area contributed by atoms with E-state index >= 15 is 0 Å². The highest BCUT2D eigenvalue weighted by Crippen LogP contribution is 2.23. The number of hydrogen-bond acceptors (Lipinski definition) is 3. The first-order valence-corrected chi connectivity index (χ1v) is 10.8. The van der Waals surface area contributed by atoms with Crippen molar-refractivity contribution in [3.8, 4) is 0 Å². The number of methoxy groups -OCH3 is 1. The molecular formula is C25H32ClN3O2. The van der Waals surface area contributed by atoms with Gasteiger partial charge in [-0.25, -0.2) is 0 Å². The van der Waals surface area contributed by atoms with Crippen molar-refractivity contribution < 1.29 is 9.53 Å². The van der Waals surface area contributed by atoms with Gasteiger partial charge in [-0.2, -0.15) is 0 Å². The van der Waals surface area contributed by atoms with Gasteiger partial charge in [0.05, 0.1) is 6.61 Å². The zero-order chi connectivity index (χ0) is 20.8. The molecule has 0 N–H and O–H groups in total. The van der Waals surface area contributed by atoms with Gasteiger partial charge in [0.1, 0.15) is 0 Å². The lowest BCUT2D eigenvalue weighted by Crippen LogP contribution is -2.48. The summed E-state index contributed by atoms with van der Waals surface area (Å²) in [5.41, 5.74) is 3.80. The maximum Gasteiger partial charge on any atom is 0.222 e. The monoisotopic (exact) mass is 441 g/mol. The Morgan fingerprint density at radius 3 is 2.42 bits per heavy atom. The maximum absolute atomic E-state index is 12.8. The summed E-state index contributed by atoms with van der Waals surface area (Å²) in [7, 11) is 1.73. The Labute approximate surface area is 191 Å². The second-order valence-electron chi connectivity index (χ2n) is 8.00. The summed E-state index contributed by atoms with van der Waals surface area (Å²) >= 11 is 0. The Hall–Kier alpha value is -2.34. The number of hydrogen-bond donors (Lipinski definition) is 0. The number of halogens is 1. The molecule has 5 nitrogen and oxygen atoms in total. The predicted octanol–water partition coefficient (Wildman–Crippen LogP) is 3.99. The van der Waals surface area contributed by atoms with Gasteiger partial charge >= 0.3 is 0 Å². The second-order valence-corrected chi connectivity index (χ2v) is 8.00. The van der Waals surface area contributed by atoms with E-state index in [9.17, 15) is 4.79 Å². The van der Waals surface area contributed by atoms with Crippen LogP contribution >= 0.6 is 12.4 Å². The number of fused-ring (bicyclic) bond motifs is 1. The van der Waals surface area contributed by atoms with Crippen LogP contribution in [0.25, 0.3) is 10.9 Å². The average Bonchev–Trinajstić information content (AvgIpc) is 3.15. The third-order valence-corrected chi connectivity index (χ3v) is 5.99. The number of rotatable bonds is 8. The summed E-state index contributed by atoms with van der Waals surface area (Å²) in [6, 6.07) is 19.0. The number of benzene rings is 2. The third kappa shape index (κ3) is 5.88. The topological polar surface area (TPSA) is 37.7 Å². The van der Waals surface area contributed by atoms with Gasteiger partial charge in [0, 0.05) is 69.9 Å². The highest BCUT2D eigenvalue weighted by molar-refractivity contribution is 5.85. The lowest BCUT2D eigenvalue weighted by atomic mass is 10.1. The molecule has 2 aromatic carbocycles. The van der Waals surface area contributed by atoms with Crippen LogP contribution in [-0.2, 0) is 29.0 Å². The van der Waals surface area contributed by atoms with E-state index in [-0.39, 0.29) is 18.3 Å². The molecule has 2 heterocycles. The first kappa shape index (κ1) is 23.3. The molecule has 166 valence electrons. The van der Waals surface area contributed by atoms with Crippen LogP contribution < -0.4 is 0 Å². The Balaban J connectivity index is 0.00000272. The molecule has 0 aliphatic carbocycles. The molecule has 0 saturated carbocycles. The van der Waals surface area contributed by atoms with Gasteiger partial charge in [0.15, 0.2) is 0 Å². The Kier molecular flexibility index (Phi) is 8.52. The fourth-order valence-electron chi connectivity index (χ4n) is 4.29. The summed E-state index contributed by atoms with van der Waals surface area (Å²) in [5.74, 6) is 0.267. The van der Waals surface area contributed by atoms with Crippen molar-refractivity contribution in [2.24, 2.45) is 0 Å². The van der Waals surface area contributed by atoms with Gasteiger partial charge in [-0.15, -0.1) is 12.4 Å². The molecule has 0 spiro atoms. The summed E-state index contributed by atoms with van der Waals surface area (Å²) < 4.78 is 7.48. The smallest absolute Gasteiger partial charge is 0.222 e.